The van der Waals surface area contributed by atoms with Gasteiger partial charge in [0.05, 0.1) is 24.4 Å². The van der Waals surface area contributed by atoms with Crippen LogP contribution in [0.1, 0.15) is 9.75 Å². The van der Waals surface area contributed by atoms with Crippen molar-refractivity contribution in [2.24, 2.45) is 0 Å². The number of amides is 2. The maximum atomic E-state index is 11.8. The molecule has 2 rings (SSSR count). The first-order valence-corrected chi connectivity index (χ1v) is 7.21. The van der Waals surface area contributed by atoms with Crippen LogP contribution in [0.3, 0.4) is 0 Å². The first-order chi connectivity index (χ1) is 9.58. The molecule has 106 valence electrons. The summed E-state index contributed by atoms with van der Waals surface area (Å²) >= 11 is 7.71. The van der Waals surface area contributed by atoms with E-state index in [1.54, 1.807) is 36.6 Å². The van der Waals surface area contributed by atoms with Gasteiger partial charge in [-0.1, -0.05) is 11.6 Å². The fourth-order valence-electron chi connectivity index (χ4n) is 1.64. The van der Waals surface area contributed by atoms with Gasteiger partial charge >= 0.3 is 6.03 Å². The first kappa shape index (κ1) is 14.7. The Labute approximate surface area is 126 Å². The van der Waals surface area contributed by atoms with Gasteiger partial charge in [-0.2, -0.15) is 0 Å². The number of carbonyl (C=O) groups excluding carboxylic acids is 1. The summed E-state index contributed by atoms with van der Waals surface area (Å²) in [5.41, 5.74) is 0.548. The van der Waals surface area contributed by atoms with Gasteiger partial charge < -0.3 is 15.4 Å². The molecule has 0 saturated carbocycles. The molecule has 6 heteroatoms. The SMILES string of the molecule is COc1ccc(NC(=O)NCc2ccc(C)s2)c(Cl)c1. The highest BCUT2D eigenvalue weighted by Crippen LogP contribution is 2.26. The molecular weight excluding hydrogens is 296 g/mol. The summed E-state index contributed by atoms with van der Waals surface area (Å²) in [6.45, 7) is 2.53. The summed E-state index contributed by atoms with van der Waals surface area (Å²) in [7, 11) is 1.56. The molecule has 1 aromatic heterocycles. The first-order valence-electron chi connectivity index (χ1n) is 6.02. The molecule has 0 spiro atoms. The minimum Gasteiger partial charge on any atom is -0.497 e. The van der Waals surface area contributed by atoms with Gasteiger partial charge in [0, 0.05) is 15.8 Å². The summed E-state index contributed by atoms with van der Waals surface area (Å²) in [6, 6.07) is 8.84. The maximum absolute atomic E-state index is 11.8. The number of ether oxygens (including phenoxy) is 1. The van der Waals surface area contributed by atoms with Crippen LogP contribution >= 0.6 is 22.9 Å². The van der Waals surface area contributed by atoms with Gasteiger partial charge in [-0.05, 0) is 31.2 Å². The fraction of sp³-hybridized carbons (Fsp3) is 0.214. The van der Waals surface area contributed by atoms with E-state index in [9.17, 15) is 4.79 Å². The van der Waals surface area contributed by atoms with Crippen molar-refractivity contribution < 1.29 is 9.53 Å². The van der Waals surface area contributed by atoms with E-state index in [0.29, 0.717) is 23.0 Å². The molecule has 0 fully saturated rings. The van der Waals surface area contributed by atoms with Gasteiger partial charge in [0.1, 0.15) is 5.75 Å². The quantitative estimate of drug-likeness (QED) is 0.895. The number of urea groups is 1. The predicted molar refractivity (Wildman–Crippen MR) is 82.9 cm³/mol. The number of nitrogens with one attached hydrogen (secondary N) is 2. The highest BCUT2D eigenvalue weighted by Gasteiger charge is 2.07. The van der Waals surface area contributed by atoms with Crippen molar-refractivity contribution in [3.8, 4) is 5.75 Å². The summed E-state index contributed by atoms with van der Waals surface area (Å²) in [5, 5.41) is 5.93. The molecule has 4 nitrogen and oxygen atoms in total. The van der Waals surface area contributed by atoms with Crippen LogP contribution in [0.5, 0.6) is 5.75 Å². The lowest BCUT2D eigenvalue weighted by atomic mass is 10.3. The minimum absolute atomic E-state index is 0.289. The Kier molecular flexibility index (Phi) is 4.87. The average Bonchev–Trinajstić information content (AvgIpc) is 2.84. The third-order valence-corrected chi connectivity index (χ3v) is 3.96. The third-order valence-electron chi connectivity index (χ3n) is 2.64. The maximum Gasteiger partial charge on any atom is 0.319 e. The molecule has 0 unspecified atom stereocenters. The van der Waals surface area contributed by atoms with Gasteiger partial charge in [-0.25, -0.2) is 4.79 Å². The molecule has 1 aromatic carbocycles. The lowest BCUT2D eigenvalue weighted by Crippen LogP contribution is -2.27. The average molecular weight is 311 g/mol. The Morgan fingerprint density at radius 3 is 2.75 bits per heavy atom. The van der Waals surface area contributed by atoms with Crippen LogP contribution in [-0.4, -0.2) is 13.1 Å². The van der Waals surface area contributed by atoms with Crippen molar-refractivity contribution in [1.29, 1.82) is 0 Å². The van der Waals surface area contributed by atoms with E-state index in [2.05, 4.69) is 10.6 Å². The van der Waals surface area contributed by atoms with Crippen molar-refractivity contribution in [3.05, 3.63) is 45.1 Å². The van der Waals surface area contributed by atoms with E-state index in [-0.39, 0.29) is 6.03 Å². The number of hydrogen-bond donors (Lipinski definition) is 2. The molecule has 20 heavy (non-hydrogen) atoms. The second kappa shape index (κ2) is 6.63. The number of anilines is 1. The molecule has 0 bridgehead atoms. The number of benzene rings is 1. The van der Waals surface area contributed by atoms with E-state index in [0.717, 1.165) is 4.88 Å². The summed E-state index contributed by atoms with van der Waals surface area (Å²) < 4.78 is 5.05. The Hall–Kier alpha value is -1.72. The van der Waals surface area contributed by atoms with E-state index < -0.39 is 0 Å². The Bertz CT molecular complexity index is 613. The number of methoxy groups -OCH3 is 1. The van der Waals surface area contributed by atoms with Crippen LogP contribution in [0.4, 0.5) is 10.5 Å². The van der Waals surface area contributed by atoms with Gasteiger partial charge in [0.15, 0.2) is 0 Å². The number of carbonyl (C=O) groups is 1. The van der Waals surface area contributed by atoms with Crippen molar-refractivity contribution in [2.75, 3.05) is 12.4 Å². The zero-order chi connectivity index (χ0) is 14.5. The molecule has 0 saturated heterocycles. The lowest BCUT2D eigenvalue weighted by Gasteiger charge is -2.09. The highest BCUT2D eigenvalue weighted by atomic mass is 35.5. The van der Waals surface area contributed by atoms with Crippen LogP contribution in [0, 0.1) is 6.92 Å². The molecule has 0 aliphatic heterocycles. The molecule has 2 N–H and O–H groups in total. The third kappa shape index (κ3) is 3.88. The molecule has 2 amide bonds. The molecule has 0 aliphatic carbocycles. The number of thiophene rings is 1. The second-order valence-electron chi connectivity index (χ2n) is 4.17. The minimum atomic E-state index is -0.289. The summed E-state index contributed by atoms with van der Waals surface area (Å²) in [4.78, 5) is 14.1. The molecule has 1 heterocycles. The van der Waals surface area contributed by atoms with Crippen LogP contribution in [-0.2, 0) is 6.54 Å². The molecule has 0 radical (unpaired) electrons. The monoisotopic (exact) mass is 310 g/mol. The Balaban J connectivity index is 1.91. The smallest absolute Gasteiger partial charge is 0.319 e. The number of halogens is 1. The number of rotatable bonds is 4. The van der Waals surface area contributed by atoms with Crippen molar-refractivity contribution in [3.63, 3.8) is 0 Å². The Morgan fingerprint density at radius 2 is 2.15 bits per heavy atom. The van der Waals surface area contributed by atoms with Gasteiger partial charge in [-0.15, -0.1) is 11.3 Å². The van der Waals surface area contributed by atoms with E-state index >= 15 is 0 Å². The van der Waals surface area contributed by atoms with Gasteiger partial charge in [0.25, 0.3) is 0 Å². The summed E-state index contributed by atoms with van der Waals surface area (Å²) in [5.74, 6) is 0.648. The molecule has 0 atom stereocenters. The molecular formula is C14H15ClN2O2S. The van der Waals surface area contributed by atoms with Crippen LogP contribution in [0.25, 0.3) is 0 Å². The normalized spacial score (nSPS) is 10.2. The zero-order valence-corrected chi connectivity index (χ0v) is 12.8. The van der Waals surface area contributed by atoms with Gasteiger partial charge in [-0.3, -0.25) is 0 Å². The van der Waals surface area contributed by atoms with Crippen LogP contribution in [0.15, 0.2) is 30.3 Å². The van der Waals surface area contributed by atoms with Crippen LogP contribution < -0.4 is 15.4 Å². The highest BCUT2D eigenvalue weighted by molar-refractivity contribution is 7.11. The van der Waals surface area contributed by atoms with Crippen molar-refractivity contribution in [1.82, 2.24) is 5.32 Å². The van der Waals surface area contributed by atoms with Crippen molar-refractivity contribution in [2.45, 2.75) is 13.5 Å². The lowest BCUT2D eigenvalue weighted by molar-refractivity contribution is 0.252. The van der Waals surface area contributed by atoms with Crippen molar-refractivity contribution >= 4 is 34.7 Å². The van der Waals surface area contributed by atoms with Crippen LogP contribution in [0.2, 0.25) is 5.02 Å². The Morgan fingerprint density at radius 1 is 1.35 bits per heavy atom. The predicted octanol–water partition coefficient (Wildman–Crippen LogP) is 4.04. The topological polar surface area (TPSA) is 50.4 Å². The van der Waals surface area contributed by atoms with E-state index in [1.807, 2.05) is 19.1 Å². The van der Waals surface area contributed by atoms with Gasteiger partial charge in [0.2, 0.25) is 0 Å². The molecule has 2 aromatic rings. The number of hydrogen-bond acceptors (Lipinski definition) is 3. The van der Waals surface area contributed by atoms with E-state index in [1.165, 1.54) is 4.88 Å². The largest absolute Gasteiger partial charge is 0.497 e. The number of aryl methyl sites for hydroxylation is 1. The second-order valence-corrected chi connectivity index (χ2v) is 5.95. The standard InChI is InChI=1S/C14H15ClN2O2S/c1-9-3-5-11(20-9)8-16-14(18)17-13-6-4-10(19-2)7-12(13)15/h3-7H,8H2,1-2H3,(H2,16,17,18). The zero-order valence-electron chi connectivity index (χ0n) is 11.2. The van der Waals surface area contributed by atoms with E-state index in [4.69, 9.17) is 16.3 Å². The summed E-state index contributed by atoms with van der Waals surface area (Å²) in [6.07, 6.45) is 0. The molecule has 0 aliphatic rings. The fourth-order valence-corrected chi connectivity index (χ4v) is 2.69.